The van der Waals surface area contributed by atoms with Crippen molar-refractivity contribution in [3.63, 3.8) is 0 Å². The van der Waals surface area contributed by atoms with Crippen LogP contribution in [0.1, 0.15) is 16.1 Å². The number of carbonyl (C=O) groups is 1. The number of imidazole rings is 1. The van der Waals surface area contributed by atoms with Gasteiger partial charge in [0.15, 0.2) is 0 Å². The number of fused-ring (bicyclic) bond motifs is 1. The minimum atomic E-state index is -0.0265. The zero-order valence-corrected chi connectivity index (χ0v) is 14.2. The minimum absolute atomic E-state index is 0.0265. The van der Waals surface area contributed by atoms with Crippen LogP contribution in [0.25, 0.3) is 10.9 Å². The molecular formula is C18H21N5O2. The fraction of sp³-hybridized carbons (Fsp3) is 0.389. The monoisotopic (exact) mass is 339 g/mol. The van der Waals surface area contributed by atoms with E-state index in [4.69, 9.17) is 4.74 Å². The first-order chi connectivity index (χ1) is 12.2. The lowest BCUT2D eigenvalue weighted by Gasteiger charge is -2.23. The molecule has 0 bridgehead atoms. The van der Waals surface area contributed by atoms with E-state index < -0.39 is 0 Å². The van der Waals surface area contributed by atoms with Crippen molar-refractivity contribution in [1.29, 1.82) is 0 Å². The smallest absolute Gasteiger partial charge is 0.274 e. The van der Waals surface area contributed by atoms with E-state index in [1.807, 2.05) is 24.2 Å². The van der Waals surface area contributed by atoms with Crippen LogP contribution in [0.3, 0.4) is 0 Å². The van der Waals surface area contributed by atoms with E-state index in [1.165, 1.54) is 5.56 Å². The number of amides is 1. The van der Waals surface area contributed by atoms with E-state index in [1.54, 1.807) is 17.1 Å². The standard InChI is InChI=1S/C18H21N5O2/c1-22-10-17(19-12-22)18(24)23-4-5-25-11-14(9-23)6-13-2-3-16-15(7-13)8-20-21-16/h2-3,7-8,10,12,14H,4-6,9,11H2,1H3,(H,20,21)/t14-/m1/s1. The highest BCUT2D eigenvalue weighted by molar-refractivity contribution is 5.92. The predicted octanol–water partition coefficient (Wildman–Crippen LogP) is 1.63. The van der Waals surface area contributed by atoms with E-state index >= 15 is 0 Å². The van der Waals surface area contributed by atoms with Gasteiger partial charge in [-0.05, 0) is 24.1 Å². The number of rotatable bonds is 3. The number of aryl methyl sites for hydroxylation is 1. The van der Waals surface area contributed by atoms with Crippen molar-refractivity contribution >= 4 is 16.8 Å². The number of aromatic amines is 1. The summed E-state index contributed by atoms with van der Waals surface area (Å²) in [4.78, 5) is 18.7. The van der Waals surface area contributed by atoms with E-state index in [9.17, 15) is 4.79 Å². The fourth-order valence-corrected chi connectivity index (χ4v) is 3.33. The Morgan fingerprint density at radius 1 is 1.44 bits per heavy atom. The van der Waals surface area contributed by atoms with E-state index in [0.29, 0.717) is 32.0 Å². The third-order valence-electron chi connectivity index (χ3n) is 4.58. The number of hydrogen-bond donors (Lipinski definition) is 1. The lowest BCUT2D eigenvalue weighted by Crippen LogP contribution is -2.36. The fourth-order valence-electron chi connectivity index (χ4n) is 3.33. The normalized spacial score (nSPS) is 18.4. The summed E-state index contributed by atoms with van der Waals surface area (Å²) in [6.45, 7) is 2.51. The van der Waals surface area contributed by atoms with Gasteiger partial charge in [-0.1, -0.05) is 6.07 Å². The molecule has 3 aromatic rings. The first-order valence-electron chi connectivity index (χ1n) is 8.46. The SMILES string of the molecule is Cn1cnc(C(=O)N2CCOC[C@H](Cc3ccc4[nH]ncc4c3)C2)c1. The molecule has 7 nitrogen and oxygen atoms in total. The van der Waals surface area contributed by atoms with Crippen LogP contribution in [0.15, 0.2) is 36.9 Å². The van der Waals surface area contributed by atoms with Gasteiger partial charge in [-0.2, -0.15) is 5.10 Å². The maximum absolute atomic E-state index is 12.7. The molecule has 1 atom stereocenters. The Morgan fingerprint density at radius 3 is 3.20 bits per heavy atom. The molecule has 1 aliphatic heterocycles. The summed E-state index contributed by atoms with van der Waals surface area (Å²) >= 11 is 0. The molecule has 7 heteroatoms. The van der Waals surface area contributed by atoms with Crippen molar-refractivity contribution in [3.05, 3.63) is 48.2 Å². The van der Waals surface area contributed by atoms with E-state index in [0.717, 1.165) is 17.3 Å². The molecular weight excluding hydrogens is 318 g/mol. The molecule has 1 aromatic carbocycles. The maximum Gasteiger partial charge on any atom is 0.274 e. The lowest BCUT2D eigenvalue weighted by molar-refractivity contribution is 0.0732. The Labute approximate surface area is 145 Å². The highest BCUT2D eigenvalue weighted by atomic mass is 16.5. The quantitative estimate of drug-likeness (QED) is 0.787. The summed E-state index contributed by atoms with van der Waals surface area (Å²) in [7, 11) is 1.87. The van der Waals surface area contributed by atoms with Crippen molar-refractivity contribution in [1.82, 2.24) is 24.6 Å². The second kappa shape index (κ2) is 6.68. The zero-order valence-electron chi connectivity index (χ0n) is 14.2. The van der Waals surface area contributed by atoms with Gasteiger partial charge in [-0.3, -0.25) is 9.89 Å². The molecule has 1 fully saturated rings. The maximum atomic E-state index is 12.7. The van der Waals surface area contributed by atoms with Gasteiger partial charge in [0.05, 0.1) is 31.3 Å². The van der Waals surface area contributed by atoms with Gasteiger partial charge in [-0.15, -0.1) is 0 Å². The van der Waals surface area contributed by atoms with Crippen LogP contribution < -0.4 is 0 Å². The van der Waals surface area contributed by atoms with Gasteiger partial charge >= 0.3 is 0 Å². The summed E-state index contributed by atoms with van der Waals surface area (Å²) in [6.07, 6.45) is 6.11. The van der Waals surface area contributed by atoms with E-state index in [2.05, 4.69) is 27.3 Å². The van der Waals surface area contributed by atoms with Crippen molar-refractivity contribution in [2.75, 3.05) is 26.3 Å². The highest BCUT2D eigenvalue weighted by Gasteiger charge is 2.24. The molecule has 1 N–H and O–H groups in total. The largest absolute Gasteiger partial charge is 0.379 e. The van der Waals surface area contributed by atoms with Gasteiger partial charge < -0.3 is 14.2 Å². The summed E-state index contributed by atoms with van der Waals surface area (Å²) in [6, 6.07) is 6.30. The molecule has 1 saturated heterocycles. The minimum Gasteiger partial charge on any atom is -0.379 e. The molecule has 2 aromatic heterocycles. The van der Waals surface area contributed by atoms with Gasteiger partial charge in [-0.25, -0.2) is 4.98 Å². The molecule has 0 radical (unpaired) electrons. The van der Waals surface area contributed by atoms with Gasteiger partial charge in [0, 0.05) is 37.6 Å². The topological polar surface area (TPSA) is 76.0 Å². The Morgan fingerprint density at radius 2 is 2.36 bits per heavy atom. The average molecular weight is 339 g/mol. The number of ether oxygens (including phenoxy) is 1. The van der Waals surface area contributed by atoms with Crippen LogP contribution in [-0.4, -0.2) is 56.9 Å². The van der Waals surface area contributed by atoms with Crippen LogP contribution >= 0.6 is 0 Å². The van der Waals surface area contributed by atoms with Crippen molar-refractivity contribution in [2.45, 2.75) is 6.42 Å². The van der Waals surface area contributed by atoms with Crippen molar-refractivity contribution in [3.8, 4) is 0 Å². The van der Waals surface area contributed by atoms with Crippen molar-refractivity contribution < 1.29 is 9.53 Å². The summed E-state index contributed by atoms with van der Waals surface area (Å²) in [5.74, 6) is 0.237. The molecule has 130 valence electrons. The Balaban J connectivity index is 1.48. The molecule has 0 saturated carbocycles. The van der Waals surface area contributed by atoms with Crippen LogP contribution in [0, 0.1) is 5.92 Å². The van der Waals surface area contributed by atoms with Crippen LogP contribution in [-0.2, 0) is 18.2 Å². The molecule has 0 aliphatic carbocycles. The van der Waals surface area contributed by atoms with Gasteiger partial charge in [0.2, 0.25) is 0 Å². The molecule has 0 spiro atoms. The molecule has 0 unspecified atom stereocenters. The predicted molar refractivity (Wildman–Crippen MR) is 93.2 cm³/mol. The molecule has 1 aliphatic rings. The summed E-state index contributed by atoms with van der Waals surface area (Å²) < 4.78 is 7.53. The van der Waals surface area contributed by atoms with Crippen LogP contribution in [0.4, 0.5) is 0 Å². The van der Waals surface area contributed by atoms with Gasteiger partial charge in [0.25, 0.3) is 5.91 Å². The van der Waals surface area contributed by atoms with Crippen LogP contribution in [0.2, 0.25) is 0 Å². The Bertz CT molecular complexity index is 884. The first-order valence-corrected chi connectivity index (χ1v) is 8.46. The number of nitrogens with zero attached hydrogens (tertiary/aromatic N) is 4. The second-order valence-electron chi connectivity index (χ2n) is 6.61. The van der Waals surface area contributed by atoms with Crippen LogP contribution in [0.5, 0.6) is 0 Å². The molecule has 4 rings (SSSR count). The Kier molecular flexibility index (Phi) is 4.23. The van der Waals surface area contributed by atoms with E-state index in [-0.39, 0.29) is 11.8 Å². The number of aromatic nitrogens is 4. The second-order valence-corrected chi connectivity index (χ2v) is 6.61. The highest BCUT2D eigenvalue weighted by Crippen LogP contribution is 2.19. The molecule has 1 amide bonds. The molecule has 25 heavy (non-hydrogen) atoms. The lowest BCUT2D eigenvalue weighted by atomic mass is 9.98. The van der Waals surface area contributed by atoms with Gasteiger partial charge in [0.1, 0.15) is 5.69 Å². The summed E-state index contributed by atoms with van der Waals surface area (Å²) in [5, 5.41) is 8.13. The average Bonchev–Trinajstić information content (AvgIpc) is 3.18. The molecule has 3 heterocycles. The number of nitrogens with one attached hydrogen (secondary N) is 1. The number of carbonyl (C=O) groups excluding carboxylic acids is 1. The van der Waals surface area contributed by atoms with Crippen molar-refractivity contribution in [2.24, 2.45) is 13.0 Å². The third-order valence-corrected chi connectivity index (χ3v) is 4.58. The summed E-state index contributed by atoms with van der Waals surface area (Å²) in [5.41, 5.74) is 2.76. The number of benzene rings is 1. The Hall–Kier alpha value is -2.67. The third kappa shape index (κ3) is 3.41. The first kappa shape index (κ1) is 15.8. The number of hydrogen-bond acceptors (Lipinski definition) is 4. The zero-order chi connectivity index (χ0) is 17.2. The number of H-pyrrole nitrogens is 1.